The van der Waals surface area contributed by atoms with E-state index in [1.165, 1.54) is 12.1 Å². The summed E-state index contributed by atoms with van der Waals surface area (Å²) >= 11 is 0. The molecule has 0 heterocycles. The highest BCUT2D eigenvalue weighted by Gasteiger charge is 2.17. The zero-order valence-electron chi connectivity index (χ0n) is 12.5. The van der Waals surface area contributed by atoms with Gasteiger partial charge >= 0.3 is 5.69 Å². The van der Waals surface area contributed by atoms with E-state index in [-0.39, 0.29) is 36.5 Å². The average Bonchev–Trinajstić information content (AvgIpc) is 2.44. The van der Waals surface area contributed by atoms with Crippen LogP contribution in [-0.2, 0) is 11.3 Å². The minimum Gasteiger partial charge on any atom is -0.477 e. The molecular formula is C14H21N3O4. The highest BCUT2D eigenvalue weighted by molar-refractivity contribution is 5.78. The maximum atomic E-state index is 11.7. The molecule has 0 fully saturated rings. The van der Waals surface area contributed by atoms with Crippen LogP contribution in [0.1, 0.15) is 26.3 Å². The molecule has 7 heteroatoms. The first-order chi connectivity index (χ1) is 9.85. The van der Waals surface area contributed by atoms with E-state index in [9.17, 15) is 14.9 Å². The van der Waals surface area contributed by atoms with Gasteiger partial charge in [-0.05, 0) is 24.5 Å². The van der Waals surface area contributed by atoms with Gasteiger partial charge in [0, 0.05) is 18.7 Å². The number of ether oxygens (including phenoxy) is 1. The maximum absolute atomic E-state index is 11.7. The summed E-state index contributed by atoms with van der Waals surface area (Å²) in [7, 11) is 0. The van der Waals surface area contributed by atoms with Crippen molar-refractivity contribution in [1.29, 1.82) is 0 Å². The Kier molecular flexibility index (Phi) is 6.10. The predicted molar refractivity (Wildman–Crippen MR) is 78.9 cm³/mol. The van der Waals surface area contributed by atoms with Gasteiger partial charge in [0.2, 0.25) is 0 Å². The number of hydrogen-bond acceptors (Lipinski definition) is 5. The molecule has 116 valence electrons. The fraction of sp³-hybridized carbons (Fsp3) is 0.500. The summed E-state index contributed by atoms with van der Waals surface area (Å²) in [6.45, 7) is 5.83. The minimum absolute atomic E-state index is 0.00598. The summed E-state index contributed by atoms with van der Waals surface area (Å²) in [5.74, 6) is 0.0304. The van der Waals surface area contributed by atoms with E-state index < -0.39 is 4.92 Å². The molecule has 0 aromatic heterocycles. The van der Waals surface area contributed by atoms with Crippen molar-refractivity contribution in [2.75, 3.05) is 6.61 Å². The fourth-order valence-corrected chi connectivity index (χ4v) is 1.56. The number of nitrogens with zero attached hydrogens (tertiary/aromatic N) is 1. The number of nitrogens with two attached hydrogens (primary N) is 1. The van der Waals surface area contributed by atoms with Gasteiger partial charge in [0.1, 0.15) is 0 Å². The van der Waals surface area contributed by atoms with E-state index in [4.69, 9.17) is 10.5 Å². The van der Waals surface area contributed by atoms with Crippen molar-refractivity contribution in [2.24, 2.45) is 11.7 Å². The third-order valence-electron chi connectivity index (χ3n) is 3.20. The molecule has 1 atom stereocenters. The Labute approximate surface area is 123 Å². The molecule has 7 nitrogen and oxygen atoms in total. The number of carbonyl (C=O) groups is 1. The van der Waals surface area contributed by atoms with E-state index >= 15 is 0 Å². The Morgan fingerprint density at radius 2 is 2.10 bits per heavy atom. The molecule has 0 radical (unpaired) electrons. The molecule has 0 saturated carbocycles. The number of carbonyl (C=O) groups excluding carboxylic acids is 1. The minimum atomic E-state index is -0.551. The number of hydrogen-bond donors (Lipinski definition) is 2. The highest BCUT2D eigenvalue weighted by atomic mass is 16.6. The average molecular weight is 295 g/mol. The molecule has 1 unspecified atom stereocenters. The third-order valence-corrected chi connectivity index (χ3v) is 3.20. The Morgan fingerprint density at radius 1 is 1.43 bits per heavy atom. The Hall–Kier alpha value is -2.15. The van der Waals surface area contributed by atoms with Crippen molar-refractivity contribution in [2.45, 2.75) is 33.4 Å². The first kappa shape index (κ1) is 16.9. The summed E-state index contributed by atoms with van der Waals surface area (Å²) in [6, 6.07) is 4.38. The largest absolute Gasteiger partial charge is 0.477 e. The molecule has 0 aliphatic carbocycles. The predicted octanol–water partition coefficient (Wildman–Crippen LogP) is 1.59. The Balaban J connectivity index is 2.73. The van der Waals surface area contributed by atoms with Gasteiger partial charge < -0.3 is 15.8 Å². The van der Waals surface area contributed by atoms with Gasteiger partial charge in [0.05, 0.1) is 4.92 Å². The second kappa shape index (κ2) is 7.58. The summed E-state index contributed by atoms with van der Waals surface area (Å²) < 4.78 is 5.27. The molecule has 21 heavy (non-hydrogen) atoms. The van der Waals surface area contributed by atoms with Crippen LogP contribution in [0.15, 0.2) is 18.2 Å². The molecule has 1 aromatic rings. The first-order valence-corrected chi connectivity index (χ1v) is 6.74. The van der Waals surface area contributed by atoms with E-state index in [0.717, 1.165) is 0 Å². The molecule has 0 bridgehead atoms. The maximum Gasteiger partial charge on any atom is 0.310 e. The van der Waals surface area contributed by atoms with Gasteiger partial charge in [-0.3, -0.25) is 14.9 Å². The number of nitro groups is 1. The first-order valence-electron chi connectivity index (χ1n) is 6.74. The van der Waals surface area contributed by atoms with Crippen LogP contribution in [0.5, 0.6) is 5.75 Å². The quantitative estimate of drug-likeness (QED) is 0.586. The summed E-state index contributed by atoms with van der Waals surface area (Å²) in [4.78, 5) is 22.1. The molecule has 0 spiro atoms. The number of amides is 1. The standard InChI is InChI=1S/C14H21N3O4/c1-9(2)10(3)16-14(18)8-21-13-6-11(7-15)4-5-12(13)17(19)20/h4-6,9-10H,7-8,15H2,1-3H3,(H,16,18). The van der Waals surface area contributed by atoms with Crippen LogP contribution in [0.3, 0.4) is 0 Å². The number of rotatable bonds is 7. The molecule has 0 saturated heterocycles. The SMILES string of the molecule is CC(C)C(C)NC(=O)COc1cc(CN)ccc1[N+](=O)[O-]. The van der Waals surface area contributed by atoms with Crippen molar-refractivity contribution >= 4 is 11.6 Å². The lowest BCUT2D eigenvalue weighted by molar-refractivity contribution is -0.385. The normalized spacial score (nSPS) is 12.0. The summed E-state index contributed by atoms with van der Waals surface area (Å²) in [5, 5.41) is 13.7. The Bertz CT molecular complexity index is 517. The van der Waals surface area contributed by atoms with Crippen LogP contribution < -0.4 is 15.8 Å². The lowest BCUT2D eigenvalue weighted by atomic mass is 10.1. The van der Waals surface area contributed by atoms with Crippen LogP contribution >= 0.6 is 0 Å². The topological polar surface area (TPSA) is 107 Å². The van der Waals surface area contributed by atoms with E-state index in [0.29, 0.717) is 11.5 Å². The van der Waals surface area contributed by atoms with Gasteiger partial charge in [0.15, 0.2) is 12.4 Å². The molecule has 1 amide bonds. The van der Waals surface area contributed by atoms with Crippen LogP contribution in [0, 0.1) is 16.0 Å². The van der Waals surface area contributed by atoms with Crippen molar-refractivity contribution in [3.63, 3.8) is 0 Å². The third kappa shape index (κ3) is 5.03. The van der Waals surface area contributed by atoms with Crippen LogP contribution in [0.4, 0.5) is 5.69 Å². The lowest BCUT2D eigenvalue weighted by Crippen LogP contribution is -2.39. The summed E-state index contributed by atoms with van der Waals surface area (Å²) in [5.41, 5.74) is 6.01. The number of nitro benzene ring substituents is 1. The van der Waals surface area contributed by atoms with Crippen LogP contribution in [0.2, 0.25) is 0 Å². The number of nitrogens with one attached hydrogen (secondary N) is 1. The fourth-order valence-electron chi connectivity index (χ4n) is 1.56. The van der Waals surface area contributed by atoms with Crippen LogP contribution in [-0.4, -0.2) is 23.5 Å². The summed E-state index contributed by atoms with van der Waals surface area (Å²) in [6.07, 6.45) is 0. The van der Waals surface area contributed by atoms with Gasteiger partial charge in [0.25, 0.3) is 5.91 Å². The van der Waals surface area contributed by atoms with Crippen molar-refractivity contribution in [1.82, 2.24) is 5.32 Å². The molecule has 0 aliphatic heterocycles. The zero-order valence-corrected chi connectivity index (χ0v) is 12.5. The molecule has 3 N–H and O–H groups in total. The molecule has 1 rings (SSSR count). The Morgan fingerprint density at radius 3 is 2.62 bits per heavy atom. The van der Waals surface area contributed by atoms with Gasteiger partial charge in [-0.2, -0.15) is 0 Å². The van der Waals surface area contributed by atoms with Crippen LogP contribution in [0.25, 0.3) is 0 Å². The van der Waals surface area contributed by atoms with E-state index in [1.807, 2.05) is 20.8 Å². The second-order valence-electron chi connectivity index (χ2n) is 5.15. The zero-order chi connectivity index (χ0) is 16.0. The monoisotopic (exact) mass is 295 g/mol. The smallest absolute Gasteiger partial charge is 0.310 e. The lowest BCUT2D eigenvalue weighted by Gasteiger charge is -2.17. The van der Waals surface area contributed by atoms with Crippen molar-refractivity contribution in [3.05, 3.63) is 33.9 Å². The van der Waals surface area contributed by atoms with Crippen molar-refractivity contribution < 1.29 is 14.5 Å². The second-order valence-corrected chi connectivity index (χ2v) is 5.15. The van der Waals surface area contributed by atoms with Crippen molar-refractivity contribution in [3.8, 4) is 5.75 Å². The molecule has 1 aromatic carbocycles. The highest BCUT2D eigenvalue weighted by Crippen LogP contribution is 2.27. The van der Waals surface area contributed by atoms with Gasteiger partial charge in [-0.25, -0.2) is 0 Å². The molecular weight excluding hydrogens is 274 g/mol. The van der Waals surface area contributed by atoms with E-state index in [1.54, 1.807) is 6.07 Å². The van der Waals surface area contributed by atoms with Gasteiger partial charge in [-0.15, -0.1) is 0 Å². The van der Waals surface area contributed by atoms with E-state index in [2.05, 4.69) is 5.32 Å². The molecule has 0 aliphatic rings. The number of benzene rings is 1. The van der Waals surface area contributed by atoms with Gasteiger partial charge in [-0.1, -0.05) is 19.9 Å².